The molecule has 0 radical (unpaired) electrons. The molecule has 1 heterocycles. The summed E-state index contributed by atoms with van der Waals surface area (Å²) in [6, 6.07) is 18.0. The van der Waals surface area contributed by atoms with Crippen LogP contribution >= 0.6 is 0 Å². The van der Waals surface area contributed by atoms with Gasteiger partial charge in [0, 0.05) is 6.42 Å². The number of para-hydroxylation sites is 2. The van der Waals surface area contributed by atoms with Gasteiger partial charge in [-0.25, -0.2) is 10.0 Å². The summed E-state index contributed by atoms with van der Waals surface area (Å²) >= 11 is 0. The number of hydrogen-bond acceptors (Lipinski definition) is 3. The highest BCUT2D eigenvalue weighted by Crippen LogP contribution is 2.44. The zero-order valence-electron chi connectivity index (χ0n) is 15.9. The molecule has 0 bridgehead atoms. The molecule has 0 aliphatic carbocycles. The van der Waals surface area contributed by atoms with Crippen LogP contribution in [0.2, 0.25) is 0 Å². The number of nitrogens with zero attached hydrogens (tertiary/aromatic N) is 2. The van der Waals surface area contributed by atoms with E-state index in [0.717, 1.165) is 6.42 Å². The maximum absolute atomic E-state index is 13.6. The summed E-state index contributed by atoms with van der Waals surface area (Å²) in [6.45, 7) is 1.98. The van der Waals surface area contributed by atoms with E-state index < -0.39 is 11.4 Å². The third-order valence-corrected chi connectivity index (χ3v) is 5.13. The minimum Gasteiger partial charge on any atom is -0.481 e. The number of rotatable bonds is 8. The lowest BCUT2D eigenvalue weighted by Crippen LogP contribution is -2.41. The Kier molecular flexibility index (Phi) is 5.78. The summed E-state index contributed by atoms with van der Waals surface area (Å²) in [4.78, 5) is 38.5. The number of aliphatic carboxylic acids is 1. The molecule has 1 saturated heterocycles. The number of carboxylic acids is 1. The average Bonchev–Trinajstić information content (AvgIpc) is 2.93. The van der Waals surface area contributed by atoms with E-state index in [9.17, 15) is 19.5 Å². The van der Waals surface area contributed by atoms with Gasteiger partial charge in [-0.1, -0.05) is 56.2 Å². The fourth-order valence-electron chi connectivity index (χ4n) is 3.63. The molecule has 6 heteroatoms. The molecular weight excluding hydrogens is 356 g/mol. The Morgan fingerprint density at radius 3 is 1.71 bits per heavy atom. The number of carbonyl (C=O) groups is 3. The van der Waals surface area contributed by atoms with Crippen LogP contribution in [0.1, 0.15) is 39.0 Å². The lowest BCUT2D eigenvalue weighted by molar-refractivity contribution is -0.140. The molecule has 1 aliphatic heterocycles. The van der Waals surface area contributed by atoms with Gasteiger partial charge in [-0.15, -0.1) is 0 Å². The van der Waals surface area contributed by atoms with Crippen molar-refractivity contribution in [3.8, 4) is 0 Å². The van der Waals surface area contributed by atoms with Crippen LogP contribution in [0.5, 0.6) is 0 Å². The Bertz CT molecular complexity index is 794. The second kappa shape index (κ2) is 8.25. The number of hydrogen-bond donors (Lipinski definition) is 1. The highest BCUT2D eigenvalue weighted by atomic mass is 16.4. The Morgan fingerprint density at radius 2 is 1.32 bits per heavy atom. The Balaban J connectivity index is 2.12. The van der Waals surface area contributed by atoms with E-state index in [0.29, 0.717) is 24.2 Å². The minimum absolute atomic E-state index is 0.00727. The molecule has 2 aromatic rings. The van der Waals surface area contributed by atoms with Crippen LogP contribution in [0.3, 0.4) is 0 Å². The Hall–Kier alpha value is -3.15. The third kappa shape index (κ3) is 3.50. The van der Waals surface area contributed by atoms with Crippen LogP contribution in [0.15, 0.2) is 60.7 Å². The van der Waals surface area contributed by atoms with E-state index in [1.54, 1.807) is 48.5 Å². The average molecular weight is 380 g/mol. The van der Waals surface area contributed by atoms with Gasteiger partial charge in [0.25, 0.3) is 11.8 Å². The largest absolute Gasteiger partial charge is 0.481 e. The normalized spacial score (nSPS) is 15.9. The highest BCUT2D eigenvalue weighted by Gasteiger charge is 2.58. The first-order valence-corrected chi connectivity index (χ1v) is 9.52. The Morgan fingerprint density at radius 1 is 0.857 bits per heavy atom. The number of benzene rings is 2. The monoisotopic (exact) mass is 380 g/mol. The topological polar surface area (TPSA) is 77.9 Å². The molecule has 2 aromatic carbocycles. The van der Waals surface area contributed by atoms with Gasteiger partial charge in [-0.3, -0.25) is 14.4 Å². The maximum Gasteiger partial charge on any atom is 0.303 e. The number of carbonyl (C=O) groups excluding carboxylic acids is 2. The molecule has 0 spiro atoms. The first-order valence-electron chi connectivity index (χ1n) is 9.52. The van der Waals surface area contributed by atoms with Gasteiger partial charge < -0.3 is 5.11 Å². The van der Waals surface area contributed by atoms with E-state index in [4.69, 9.17) is 0 Å². The zero-order valence-corrected chi connectivity index (χ0v) is 15.9. The van der Waals surface area contributed by atoms with E-state index in [-0.39, 0.29) is 24.7 Å². The van der Waals surface area contributed by atoms with E-state index >= 15 is 0 Å². The zero-order chi connectivity index (χ0) is 20.1. The molecule has 0 aromatic heterocycles. The molecule has 1 aliphatic rings. The molecular formula is C22H24N2O4. The smallest absolute Gasteiger partial charge is 0.303 e. The van der Waals surface area contributed by atoms with Crippen molar-refractivity contribution in [1.82, 2.24) is 0 Å². The number of carboxylic acid groups (broad SMARTS) is 1. The van der Waals surface area contributed by atoms with Gasteiger partial charge in [-0.05, 0) is 37.1 Å². The molecule has 0 unspecified atom stereocenters. The fraction of sp³-hybridized carbons (Fsp3) is 0.318. The fourth-order valence-corrected chi connectivity index (χ4v) is 3.63. The second-order valence-electron chi connectivity index (χ2n) is 6.98. The van der Waals surface area contributed by atoms with Crippen LogP contribution in [0, 0.1) is 5.41 Å². The number of hydrazine groups is 1. The van der Waals surface area contributed by atoms with Gasteiger partial charge in [-0.2, -0.15) is 0 Å². The number of anilines is 2. The van der Waals surface area contributed by atoms with Crippen LogP contribution in [-0.2, 0) is 14.4 Å². The van der Waals surface area contributed by atoms with Crippen LogP contribution < -0.4 is 10.0 Å². The highest BCUT2D eigenvalue weighted by molar-refractivity contribution is 6.26. The molecule has 2 amide bonds. The van der Waals surface area contributed by atoms with E-state index in [1.807, 2.05) is 19.1 Å². The van der Waals surface area contributed by atoms with E-state index in [2.05, 4.69) is 0 Å². The van der Waals surface area contributed by atoms with Gasteiger partial charge >= 0.3 is 5.97 Å². The predicted molar refractivity (Wildman–Crippen MR) is 107 cm³/mol. The molecule has 0 saturated carbocycles. The lowest BCUT2D eigenvalue weighted by Gasteiger charge is -2.27. The summed E-state index contributed by atoms with van der Waals surface area (Å²) in [6.07, 6.45) is 1.58. The van der Waals surface area contributed by atoms with Crippen molar-refractivity contribution in [2.75, 3.05) is 10.0 Å². The maximum atomic E-state index is 13.6. The standard InChI is InChI=1S/C22H24N2O4/c1-2-3-15-22(16-14-19(25)26)20(27)23(17-10-6-4-7-11-17)24(21(22)28)18-12-8-5-9-13-18/h4-13H,2-3,14-16H2,1H3,(H,25,26). The van der Waals surface area contributed by atoms with Gasteiger partial charge in [0.15, 0.2) is 0 Å². The van der Waals surface area contributed by atoms with Gasteiger partial charge in [0.05, 0.1) is 11.4 Å². The molecule has 1 fully saturated rings. The summed E-state index contributed by atoms with van der Waals surface area (Å²) < 4.78 is 0. The molecule has 1 N–H and O–H groups in total. The van der Waals surface area contributed by atoms with E-state index in [1.165, 1.54) is 10.0 Å². The summed E-state index contributed by atoms with van der Waals surface area (Å²) in [5, 5.41) is 12.0. The summed E-state index contributed by atoms with van der Waals surface area (Å²) in [7, 11) is 0. The van der Waals surface area contributed by atoms with Crippen molar-refractivity contribution in [2.45, 2.75) is 39.0 Å². The van der Waals surface area contributed by atoms with Crippen LogP contribution in [0.4, 0.5) is 11.4 Å². The Labute approximate surface area is 164 Å². The minimum atomic E-state index is -1.36. The lowest BCUT2D eigenvalue weighted by atomic mass is 9.77. The predicted octanol–water partition coefficient (Wildman–Crippen LogP) is 4.02. The molecule has 146 valence electrons. The molecule has 6 nitrogen and oxygen atoms in total. The van der Waals surface area contributed by atoms with Crippen LogP contribution in [0.25, 0.3) is 0 Å². The summed E-state index contributed by atoms with van der Waals surface area (Å²) in [5.74, 6) is -1.73. The summed E-state index contributed by atoms with van der Waals surface area (Å²) in [5.41, 5.74) is -0.197. The van der Waals surface area contributed by atoms with Crippen molar-refractivity contribution < 1.29 is 19.5 Å². The third-order valence-electron chi connectivity index (χ3n) is 5.13. The molecule has 0 atom stereocenters. The van der Waals surface area contributed by atoms with Crippen molar-refractivity contribution in [3.05, 3.63) is 60.7 Å². The van der Waals surface area contributed by atoms with Crippen molar-refractivity contribution in [2.24, 2.45) is 5.41 Å². The number of amides is 2. The van der Waals surface area contributed by atoms with Crippen molar-refractivity contribution >= 4 is 29.2 Å². The van der Waals surface area contributed by atoms with Gasteiger partial charge in [0.1, 0.15) is 5.41 Å². The molecule has 28 heavy (non-hydrogen) atoms. The SMILES string of the molecule is CCCCC1(CCC(=O)O)C(=O)N(c2ccccc2)N(c2ccccc2)C1=O. The van der Waals surface area contributed by atoms with Crippen LogP contribution in [-0.4, -0.2) is 22.9 Å². The second-order valence-corrected chi connectivity index (χ2v) is 6.98. The quantitative estimate of drug-likeness (QED) is 0.702. The number of unbranched alkanes of at least 4 members (excludes halogenated alkanes) is 1. The van der Waals surface area contributed by atoms with Crippen molar-refractivity contribution in [3.63, 3.8) is 0 Å². The van der Waals surface area contributed by atoms with Crippen molar-refractivity contribution in [1.29, 1.82) is 0 Å². The molecule has 3 rings (SSSR count). The van der Waals surface area contributed by atoms with Gasteiger partial charge in [0.2, 0.25) is 0 Å². The first kappa shape index (κ1) is 19.6. The first-order chi connectivity index (χ1) is 13.5.